The van der Waals surface area contributed by atoms with E-state index < -0.39 is 0 Å². The Bertz CT molecular complexity index is 758. The molecule has 0 saturated carbocycles. The van der Waals surface area contributed by atoms with E-state index in [1.54, 1.807) is 7.11 Å². The molecule has 0 aromatic heterocycles. The molecule has 1 amide bonds. The maximum Gasteiger partial charge on any atom is 0.285 e. The number of benzene rings is 2. The van der Waals surface area contributed by atoms with Gasteiger partial charge in [0.2, 0.25) is 0 Å². The van der Waals surface area contributed by atoms with Gasteiger partial charge in [-0.15, -0.1) is 0 Å². The van der Waals surface area contributed by atoms with Crippen LogP contribution in [-0.4, -0.2) is 22.3 Å². The van der Waals surface area contributed by atoms with Crippen LogP contribution in [0, 0.1) is 0 Å². The number of nitrogens with zero attached hydrogens (tertiary/aromatic N) is 1. The average molecular weight is 342 g/mol. The lowest BCUT2D eigenvalue weighted by molar-refractivity contribution is -0.121. The highest BCUT2D eigenvalue weighted by molar-refractivity contribution is 8.26. The van der Waals surface area contributed by atoms with Crippen molar-refractivity contribution >= 4 is 46.0 Å². The number of thiocarbonyl (C=S) groups is 1. The van der Waals surface area contributed by atoms with Crippen LogP contribution in [0.5, 0.6) is 5.75 Å². The summed E-state index contributed by atoms with van der Waals surface area (Å²) in [5, 5.41) is 1.39. The van der Waals surface area contributed by atoms with Gasteiger partial charge in [0.25, 0.3) is 5.91 Å². The molecule has 3 rings (SSSR count). The van der Waals surface area contributed by atoms with Gasteiger partial charge in [0.1, 0.15) is 5.75 Å². The van der Waals surface area contributed by atoms with Crippen LogP contribution >= 0.6 is 24.0 Å². The molecule has 0 spiro atoms. The first-order valence-electron chi connectivity index (χ1n) is 6.91. The lowest BCUT2D eigenvalue weighted by Crippen LogP contribution is -2.33. The largest absolute Gasteiger partial charge is 0.497 e. The monoisotopic (exact) mass is 342 g/mol. The highest BCUT2D eigenvalue weighted by Gasteiger charge is 2.32. The van der Waals surface area contributed by atoms with Crippen molar-refractivity contribution in [3.05, 3.63) is 65.1 Å². The van der Waals surface area contributed by atoms with Crippen LogP contribution in [0.25, 0.3) is 6.08 Å². The van der Waals surface area contributed by atoms with Gasteiger partial charge in [-0.3, -0.25) is 10.2 Å². The fourth-order valence-corrected chi connectivity index (χ4v) is 3.24. The minimum Gasteiger partial charge on any atom is -0.497 e. The number of methoxy groups -OCH3 is 1. The van der Waals surface area contributed by atoms with E-state index in [4.69, 9.17) is 17.0 Å². The average Bonchev–Trinajstić information content (AvgIpc) is 2.84. The smallest absolute Gasteiger partial charge is 0.285 e. The van der Waals surface area contributed by atoms with Gasteiger partial charge >= 0.3 is 0 Å². The number of rotatable bonds is 4. The summed E-state index contributed by atoms with van der Waals surface area (Å²) in [4.78, 5) is 13.1. The predicted octanol–water partition coefficient (Wildman–Crippen LogP) is 3.92. The summed E-state index contributed by atoms with van der Waals surface area (Å²) >= 11 is 6.58. The summed E-state index contributed by atoms with van der Waals surface area (Å²) in [5.41, 5.74) is 4.77. The molecule has 0 radical (unpaired) electrons. The van der Waals surface area contributed by atoms with Crippen molar-refractivity contribution in [3.63, 3.8) is 0 Å². The number of hydrogen-bond acceptors (Lipinski definition) is 5. The molecule has 1 saturated heterocycles. The second kappa shape index (κ2) is 6.85. The predicted molar refractivity (Wildman–Crippen MR) is 98.1 cm³/mol. The van der Waals surface area contributed by atoms with Crippen LogP contribution < -0.4 is 10.2 Å². The first-order valence-corrected chi connectivity index (χ1v) is 8.13. The van der Waals surface area contributed by atoms with Crippen molar-refractivity contribution in [3.8, 4) is 5.75 Å². The number of ether oxygens (including phenoxy) is 1. The summed E-state index contributed by atoms with van der Waals surface area (Å²) in [6.45, 7) is 0. The molecule has 1 fully saturated rings. The number of carbonyl (C=O) groups is 1. The van der Waals surface area contributed by atoms with E-state index in [9.17, 15) is 4.79 Å². The molecule has 1 aliphatic rings. The Balaban J connectivity index is 1.78. The third-order valence-electron chi connectivity index (χ3n) is 3.22. The van der Waals surface area contributed by atoms with Crippen molar-refractivity contribution in [2.75, 3.05) is 12.5 Å². The molecule has 1 heterocycles. The Morgan fingerprint density at radius 2 is 1.83 bits per heavy atom. The van der Waals surface area contributed by atoms with Crippen LogP contribution in [-0.2, 0) is 4.79 Å². The Hall–Kier alpha value is -2.31. The quantitative estimate of drug-likeness (QED) is 0.674. The van der Waals surface area contributed by atoms with E-state index in [2.05, 4.69) is 5.43 Å². The Labute approximate surface area is 144 Å². The molecule has 23 heavy (non-hydrogen) atoms. The van der Waals surface area contributed by atoms with Crippen molar-refractivity contribution in [2.45, 2.75) is 0 Å². The maximum atomic E-state index is 12.5. The van der Waals surface area contributed by atoms with Gasteiger partial charge in [-0.1, -0.05) is 42.1 Å². The Morgan fingerprint density at radius 3 is 2.48 bits per heavy atom. The number of amides is 1. The summed E-state index contributed by atoms with van der Waals surface area (Å²) in [6.07, 6.45) is 1.82. The third-order valence-corrected chi connectivity index (χ3v) is 4.52. The van der Waals surface area contributed by atoms with E-state index in [0.717, 1.165) is 17.0 Å². The van der Waals surface area contributed by atoms with Crippen molar-refractivity contribution in [1.82, 2.24) is 5.01 Å². The second-order valence-electron chi connectivity index (χ2n) is 4.77. The fraction of sp³-hybridized carbons (Fsp3) is 0.0588. The van der Waals surface area contributed by atoms with E-state index in [1.807, 2.05) is 60.7 Å². The first kappa shape index (κ1) is 15.6. The van der Waals surface area contributed by atoms with Gasteiger partial charge < -0.3 is 4.74 Å². The Morgan fingerprint density at radius 1 is 1.13 bits per heavy atom. The zero-order valence-corrected chi connectivity index (χ0v) is 14.0. The van der Waals surface area contributed by atoms with E-state index in [-0.39, 0.29) is 5.91 Å². The highest BCUT2D eigenvalue weighted by atomic mass is 32.2. The normalized spacial score (nSPS) is 16.0. The molecular formula is C17H14N2O2S2. The lowest BCUT2D eigenvalue weighted by Gasteiger charge is -2.16. The minimum atomic E-state index is -0.153. The first-order chi connectivity index (χ1) is 11.2. The van der Waals surface area contributed by atoms with E-state index >= 15 is 0 Å². The van der Waals surface area contributed by atoms with Gasteiger partial charge in [-0.25, -0.2) is 5.01 Å². The molecule has 2 aromatic carbocycles. The second-order valence-corrected chi connectivity index (χ2v) is 6.44. The highest BCUT2D eigenvalue weighted by Crippen LogP contribution is 2.32. The number of carbonyl (C=O) groups excluding carboxylic acids is 1. The molecule has 4 nitrogen and oxygen atoms in total. The molecule has 2 aromatic rings. The number of nitrogens with one attached hydrogen (secondary N) is 1. The van der Waals surface area contributed by atoms with Crippen LogP contribution in [0.1, 0.15) is 5.56 Å². The van der Waals surface area contributed by atoms with Gasteiger partial charge in [0.15, 0.2) is 4.32 Å². The van der Waals surface area contributed by atoms with Gasteiger partial charge in [0.05, 0.1) is 17.7 Å². The molecule has 1 N–H and O–H groups in total. The number of thioether (sulfide) groups is 1. The maximum absolute atomic E-state index is 12.5. The molecule has 1 aliphatic heterocycles. The van der Waals surface area contributed by atoms with Crippen LogP contribution in [0.2, 0.25) is 0 Å². The summed E-state index contributed by atoms with van der Waals surface area (Å²) < 4.78 is 5.61. The Kier molecular flexibility index (Phi) is 4.64. The molecule has 0 bridgehead atoms. The SMILES string of the molecule is COc1ccc(C=C2SC(=S)N(Nc3ccccc3)C2=O)cc1. The number of para-hydroxylation sites is 1. The van der Waals surface area contributed by atoms with Crippen molar-refractivity contribution < 1.29 is 9.53 Å². The summed E-state index contributed by atoms with van der Waals surface area (Å²) in [5.74, 6) is 0.625. The van der Waals surface area contributed by atoms with E-state index in [1.165, 1.54) is 16.8 Å². The van der Waals surface area contributed by atoms with Crippen LogP contribution in [0.15, 0.2) is 59.5 Å². The molecular weight excluding hydrogens is 328 g/mol. The lowest BCUT2D eigenvalue weighted by atomic mass is 10.2. The zero-order valence-electron chi connectivity index (χ0n) is 12.4. The number of hydrazine groups is 1. The van der Waals surface area contributed by atoms with Crippen LogP contribution in [0.3, 0.4) is 0 Å². The molecule has 116 valence electrons. The minimum absolute atomic E-state index is 0.153. The topological polar surface area (TPSA) is 41.6 Å². The van der Waals surface area contributed by atoms with E-state index in [0.29, 0.717) is 9.23 Å². The van der Waals surface area contributed by atoms with Crippen LogP contribution in [0.4, 0.5) is 5.69 Å². The number of anilines is 1. The zero-order chi connectivity index (χ0) is 16.2. The third kappa shape index (κ3) is 3.55. The molecule has 6 heteroatoms. The standard InChI is InChI=1S/C17H14N2O2S2/c1-21-14-9-7-12(8-10-14)11-15-16(20)19(17(22)23-15)18-13-5-3-2-4-6-13/h2-11,18H,1H3. The molecule has 0 aliphatic carbocycles. The van der Waals surface area contributed by atoms with Gasteiger partial charge in [0, 0.05) is 0 Å². The molecule has 0 atom stereocenters. The summed E-state index contributed by atoms with van der Waals surface area (Å²) in [6, 6.07) is 17.0. The number of hydrogen-bond donors (Lipinski definition) is 1. The van der Waals surface area contributed by atoms with Crippen molar-refractivity contribution in [1.29, 1.82) is 0 Å². The van der Waals surface area contributed by atoms with Gasteiger partial charge in [-0.05, 0) is 48.1 Å². The summed E-state index contributed by atoms with van der Waals surface area (Å²) in [7, 11) is 1.62. The fourth-order valence-electron chi connectivity index (χ4n) is 2.06. The molecule has 0 unspecified atom stereocenters. The van der Waals surface area contributed by atoms with Crippen molar-refractivity contribution in [2.24, 2.45) is 0 Å². The van der Waals surface area contributed by atoms with Gasteiger partial charge in [-0.2, -0.15) is 0 Å².